The number of rotatable bonds is 9. The van der Waals surface area contributed by atoms with Crippen LogP contribution >= 0.6 is 22.7 Å². The van der Waals surface area contributed by atoms with Gasteiger partial charge < -0.3 is 15.1 Å². The van der Waals surface area contributed by atoms with Gasteiger partial charge in [-0.1, -0.05) is 122 Å². The van der Waals surface area contributed by atoms with Crippen LogP contribution in [-0.4, -0.2) is 16.5 Å². The minimum Gasteiger partial charge on any atom is -0.313 e. The minimum absolute atomic E-state index is 0.143. The van der Waals surface area contributed by atoms with Gasteiger partial charge in [0.15, 0.2) is 0 Å². The molecule has 3 atom stereocenters. The smallest absolute Gasteiger partial charge is 0.120 e. The van der Waals surface area contributed by atoms with E-state index in [1.165, 1.54) is 58.0 Å². The monoisotopic (exact) mass is 915 g/mol. The van der Waals surface area contributed by atoms with Crippen LogP contribution in [0.1, 0.15) is 47.9 Å². The lowest BCUT2D eigenvalue weighted by Gasteiger charge is -2.32. The van der Waals surface area contributed by atoms with Gasteiger partial charge in [-0.15, -0.1) is 22.7 Å². The Balaban J connectivity index is 0.884. The molecule has 1 aliphatic carbocycles. The summed E-state index contributed by atoms with van der Waals surface area (Å²) in [6.07, 6.45) is 19.1. The fraction of sp³-hybridized carbons (Fsp3) is 0.115. The number of benzene rings is 7. The summed E-state index contributed by atoms with van der Waals surface area (Å²) in [5, 5.41) is 10.0. The number of thiophene rings is 1. The van der Waals surface area contributed by atoms with E-state index in [0.29, 0.717) is 5.92 Å². The molecule has 68 heavy (non-hydrogen) atoms. The molecule has 0 saturated heterocycles. The molecule has 3 unspecified atom stereocenters. The molecule has 2 aliphatic rings. The summed E-state index contributed by atoms with van der Waals surface area (Å²) in [6.45, 7) is 3.15. The number of para-hydroxylation sites is 2. The lowest BCUT2D eigenvalue weighted by atomic mass is 9.78. The quantitative estimate of drug-likeness (QED) is 0.156. The first kappa shape index (κ1) is 42.0. The van der Waals surface area contributed by atoms with Gasteiger partial charge in [-0.2, -0.15) is 0 Å². The van der Waals surface area contributed by atoms with Crippen molar-refractivity contribution >= 4 is 97.8 Å². The average molecular weight is 916 g/mol. The van der Waals surface area contributed by atoms with E-state index in [0.717, 1.165) is 58.3 Å². The Morgan fingerprint density at radius 3 is 2.12 bits per heavy atom. The van der Waals surface area contributed by atoms with Crippen molar-refractivity contribution in [2.75, 3.05) is 16.3 Å². The maximum atomic E-state index is 4.97. The summed E-state index contributed by atoms with van der Waals surface area (Å²) in [5.74, 6) is 0.619. The van der Waals surface area contributed by atoms with Gasteiger partial charge in [-0.05, 0) is 137 Å². The Morgan fingerprint density at radius 2 is 1.31 bits per heavy atom. The molecule has 0 fully saturated rings. The highest BCUT2D eigenvalue weighted by atomic mass is 32.1. The highest BCUT2D eigenvalue weighted by molar-refractivity contribution is 7.26. The Bertz CT molecular complexity index is 3520. The summed E-state index contributed by atoms with van der Waals surface area (Å²) >= 11 is 3.64. The molecule has 0 saturated carbocycles. The van der Waals surface area contributed by atoms with Gasteiger partial charge in [0, 0.05) is 73.3 Å². The Morgan fingerprint density at radius 1 is 0.559 bits per heavy atom. The van der Waals surface area contributed by atoms with E-state index in [1.807, 2.05) is 29.8 Å². The first-order valence-corrected chi connectivity index (χ1v) is 25.2. The van der Waals surface area contributed by atoms with Crippen molar-refractivity contribution < 1.29 is 0 Å². The van der Waals surface area contributed by atoms with Crippen molar-refractivity contribution in [3.63, 3.8) is 0 Å². The lowest BCUT2D eigenvalue weighted by molar-refractivity contribution is 0.400. The van der Waals surface area contributed by atoms with Gasteiger partial charge in [0.05, 0.1) is 22.1 Å². The maximum Gasteiger partial charge on any atom is 0.120 e. The van der Waals surface area contributed by atoms with E-state index >= 15 is 0 Å². The van der Waals surface area contributed by atoms with Crippen LogP contribution in [0.2, 0.25) is 0 Å². The van der Waals surface area contributed by atoms with Crippen molar-refractivity contribution in [1.82, 2.24) is 15.3 Å². The molecule has 3 aromatic heterocycles. The molecule has 0 spiro atoms. The summed E-state index contributed by atoms with van der Waals surface area (Å²) in [5.41, 5.74) is 11.8. The van der Waals surface area contributed by atoms with Crippen LogP contribution in [0, 0.1) is 5.92 Å². The second kappa shape index (κ2) is 18.3. The molecular weight excluding hydrogens is 867 g/mol. The van der Waals surface area contributed by atoms with Crippen LogP contribution in [0.25, 0.3) is 46.7 Å². The van der Waals surface area contributed by atoms with Gasteiger partial charge in [0.1, 0.15) is 5.01 Å². The molecule has 0 amide bonds. The first-order valence-electron chi connectivity index (χ1n) is 23.5. The Labute approximate surface area is 405 Å². The van der Waals surface area contributed by atoms with Crippen LogP contribution in [0.3, 0.4) is 0 Å². The fourth-order valence-corrected chi connectivity index (χ4v) is 12.4. The zero-order chi connectivity index (χ0) is 45.4. The normalized spacial score (nSPS) is 18.4. The van der Waals surface area contributed by atoms with Crippen molar-refractivity contribution in [3.8, 4) is 0 Å². The van der Waals surface area contributed by atoms with Crippen molar-refractivity contribution in [2.45, 2.75) is 31.7 Å². The van der Waals surface area contributed by atoms with Gasteiger partial charge >= 0.3 is 0 Å². The number of nitrogens with zero attached hydrogens (tertiary/aromatic N) is 4. The van der Waals surface area contributed by atoms with E-state index in [9.17, 15) is 0 Å². The fourth-order valence-electron chi connectivity index (χ4n) is 10.2. The number of allylic oxidation sites excluding steroid dienone is 7. The largest absolute Gasteiger partial charge is 0.313 e. The molecule has 5 nitrogen and oxygen atoms in total. The average Bonchev–Trinajstić information content (AvgIpc) is 4.01. The van der Waals surface area contributed by atoms with Crippen molar-refractivity contribution in [1.29, 1.82) is 0 Å². The van der Waals surface area contributed by atoms with Crippen LogP contribution in [-0.2, 0) is 0 Å². The number of hydrogen-bond donors (Lipinski definition) is 1. The summed E-state index contributed by atoms with van der Waals surface area (Å²) in [6, 6.07) is 62.3. The Hall–Kier alpha value is -7.42. The predicted octanol–water partition coefficient (Wildman–Crippen LogP) is 16.8. The lowest BCUT2D eigenvalue weighted by Crippen LogP contribution is -2.30. The highest BCUT2D eigenvalue weighted by Crippen LogP contribution is 2.45. The van der Waals surface area contributed by atoms with Gasteiger partial charge in [-0.25, -0.2) is 4.98 Å². The summed E-state index contributed by atoms with van der Waals surface area (Å²) in [4.78, 5) is 14.3. The number of anilines is 5. The van der Waals surface area contributed by atoms with E-state index in [4.69, 9.17) is 4.98 Å². The zero-order valence-corrected chi connectivity index (χ0v) is 39.4. The van der Waals surface area contributed by atoms with E-state index in [2.05, 4.69) is 227 Å². The molecule has 10 aromatic rings. The van der Waals surface area contributed by atoms with Crippen LogP contribution < -0.4 is 15.1 Å². The zero-order valence-electron chi connectivity index (χ0n) is 37.7. The van der Waals surface area contributed by atoms with Crippen LogP contribution in [0.15, 0.2) is 224 Å². The molecule has 1 aliphatic heterocycles. The van der Waals surface area contributed by atoms with E-state index in [-0.39, 0.29) is 12.0 Å². The summed E-state index contributed by atoms with van der Waals surface area (Å²) < 4.78 is 3.77. The SMILES string of the molecule is CC1/C=C\C=C/CNC(c2ccc(N(c3ccccc3)c3ccc4c(c3)sc3cc5cc(N(C6=CC=C(c7nc8ccccc8s7)CC6)c6cccnc6)ccc5cc34)cc2)C1c1ccccc1. The topological polar surface area (TPSA) is 44.3 Å². The third-order valence-corrected chi connectivity index (χ3v) is 15.8. The standard InChI is InChI=1S/C61H49N5S2/c1-41-14-5-4-12-35-63-60(59(41)42-15-6-2-7-16-42)43-22-27-48(28-23-43)65(47-17-8-3-9-18-47)51-32-33-53-54-37-45-26-31-50(36-46(45)38-57(54)67-58(53)39-51)66(52-19-13-34-62-40-52)49-29-24-44(25-30-49)61-64-55-20-10-11-21-56(55)68-61/h2-24,26-29,31-34,36-41,59-60,63H,25,30,35H2,1H3/b12-4-,14-5-. The number of fused-ring (bicyclic) bond motifs is 5. The third kappa shape index (κ3) is 8.13. The highest BCUT2D eigenvalue weighted by Gasteiger charge is 2.29. The molecule has 12 rings (SSSR count). The van der Waals surface area contributed by atoms with Gasteiger partial charge in [0.2, 0.25) is 0 Å². The van der Waals surface area contributed by atoms with E-state index in [1.54, 1.807) is 11.3 Å². The molecule has 7 aromatic carbocycles. The maximum absolute atomic E-state index is 4.97. The molecule has 1 N–H and O–H groups in total. The first-order chi connectivity index (χ1) is 33.6. The minimum atomic E-state index is 0.143. The third-order valence-electron chi connectivity index (χ3n) is 13.6. The van der Waals surface area contributed by atoms with Gasteiger partial charge in [0.25, 0.3) is 0 Å². The van der Waals surface area contributed by atoms with Crippen molar-refractivity contribution in [2.24, 2.45) is 5.92 Å². The summed E-state index contributed by atoms with van der Waals surface area (Å²) in [7, 11) is 0. The van der Waals surface area contributed by atoms with Crippen molar-refractivity contribution in [3.05, 3.63) is 241 Å². The number of hydrogen-bond acceptors (Lipinski definition) is 7. The molecular formula is C61H49N5S2. The second-order valence-electron chi connectivity index (χ2n) is 17.8. The van der Waals surface area contributed by atoms with Crippen LogP contribution in [0.5, 0.6) is 0 Å². The molecule has 7 heteroatoms. The number of nitrogens with one attached hydrogen (secondary N) is 1. The second-order valence-corrected chi connectivity index (χ2v) is 19.9. The number of aromatic nitrogens is 2. The number of pyridine rings is 1. The number of thiazole rings is 1. The molecule has 4 heterocycles. The van der Waals surface area contributed by atoms with Crippen LogP contribution in [0.4, 0.5) is 28.4 Å². The molecule has 0 radical (unpaired) electrons. The Kier molecular flexibility index (Phi) is 11.3. The van der Waals surface area contributed by atoms with E-state index < -0.39 is 0 Å². The molecule has 330 valence electrons. The molecule has 0 bridgehead atoms. The van der Waals surface area contributed by atoms with Gasteiger partial charge in [-0.3, -0.25) is 4.98 Å². The predicted molar refractivity (Wildman–Crippen MR) is 290 cm³/mol.